The average Bonchev–Trinajstić information content (AvgIpc) is 2.77. The zero-order valence-electron chi connectivity index (χ0n) is 16.8. The number of fused-ring (bicyclic) bond motifs is 1. The van der Waals surface area contributed by atoms with Crippen LogP contribution in [0.4, 0.5) is 18.9 Å². The van der Waals surface area contributed by atoms with Crippen LogP contribution >= 0.6 is 0 Å². The van der Waals surface area contributed by atoms with Crippen molar-refractivity contribution in [3.63, 3.8) is 0 Å². The molecule has 4 rings (SSSR count). The van der Waals surface area contributed by atoms with Crippen LogP contribution in [0.5, 0.6) is 0 Å². The highest BCUT2D eigenvalue weighted by Crippen LogP contribution is 2.38. The van der Waals surface area contributed by atoms with Gasteiger partial charge in [-0.25, -0.2) is 0 Å². The molecule has 2 aliphatic heterocycles. The molecule has 1 saturated heterocycles. The number of hydrogen-bond acceptors (Lipinski definition) is 3. The maximum Gasteiger partial charge on any atom is 0.416 e. The zero-order valence-corrected chi connectivity index (χ0v) is 16.8. The lowest BCUT2D eigenvalue weighted by Crippen LogP contribution is -2.44. The Kier molecular flexibility index (Phi) is 5.75. The van der Waals surface area contributed by atoms with Crippen molar-refractivity contribution in [3.05, 3.63) is 64.7 Å². The van der Waals surface area contributed by atoms with Gasteiger partial charge >= 0.3 is 6.18 Å². The topological polar surface area (TPSA) is 67.4 Å². The highest BCUT2D eigenvalue weighted by atomic mass is 19.4. The Balaban J connectivity index is 1.54. The van der Waals surface area contributed by atoms with Crippen LogP contribution in [-0.4, -0.2) is 31.6 Å². The number of ether oxygens (including phenoxy) is 1. The number of aryl methyl sites for hydroxylation is 1. The summed E-state index contributed by atoms with van der Waals surface area (Å²) in [5.74, 6) is -0.343. The number of halogens is 3. The Morgan fingerprint density at radius 3 is 2.61 bits per heavy atom. The molecule has 8 heteroatoms. The molecule has 0 atom stereocenters. The number of carbonyl (C=O) groups excluding carboxylic acids is 2. The normalized spacial score (nSPS) is 18.1. The van der Waals surface area contributed by atoms with E-state index >= 15 is 0 Å². The molecule has 0 unspecified atom stereocenters. The van der Waals surface area contributed by atoms with Crippen LogP contribution in [0.1, 0.15) is 46.3 Å². The van der Waals surface area contributed by atoms with Crippen molar-refractivity contribution in [1.29, 1.82) is 0 Å². The summed E-state index contributed by atoms with van der Waals surface area (Å²) < 4.78 is 45.1. The van der Waals surface area contributed by atoms with Gasteiger partial charge < -0.3 is 15.4 Å². The number of anilines is 1. The van der Waals surface area contributed by atoms with E-state index in [4.69, 9.17) is 4.74 Å². The first-order valence-corrected chi connectivity index (χ1v) is 10.2. The van der Waals surface area contributed by atoms with Crippen molar-refractivity contribution < 1.29 is 27.5 Å². The van der Waals surface area contributed by atoms with Gasteiger partial charge in [0, 0.05) is 42.8 Å². The van der Waals surface area contributed by atoms with Crippen molar-refractivity contribution in [2.45, 2.75) is 37.3 Å². The van der Waals surface area contributed by atoms with Crippen LogP contribution < -0.4 is 10.6 Å². The second kappa shape index (κ2) is 8.34. The molecule has 0 bridgehead atoms. The van der Waals surface area contributed by atoms with Crippen LogP contribution in [-0.2, 0) is 27.5 Å². The second-order valence-electron chi connectivity index (χ2n) is 8.07. The third kappa shape index (κ3) is 4.58. The van der Waals surface area contributed by atoms with Gasteiger partial charge in [0.25, 0.3) is 5.91 Å². The van der Waals surface area contributed by atoms with Gasteiger partial charge in [-0.15, -0.1) is 0 Å². The fourth-order valence-electron chi connectivity index (χ4n) is 4.23. The maximum absolute atomic E-state index is 13.2. The Hall–Kier alpha value is -2.87. The minimum atomic E-state index is -4.43. The van der Waals surface area contributed by atoms with Crippen molar-refractivity contribution >= 4 is 17.5 Å². The third-order valence-corrected chi connectivity index (χ3v) is 6.10. The van der Waals surface area contributed by atoms with Crippen LogP contribution in [0.25, 0.3) is 0 Å². The number of carbonyl (C=O) groups is 2. The maximum atomic E-state index is 13.2. The van der Waals surface area contributed by atoms with E-state index in [0.29, 0.717) is 55.7 Å². The van der Waals surface area contributed by atoms with E-state index in [9.17, 15) is 22.8 Å². The van der Waals surface area contributed by atoms with E-state index in [1.165, 1.54) is 12.1 Å². The molecule has 1 fully saturated rings. The van der Waals surface area contributed by atoms with E-state index in [-0.39, 0.29) is 18.4 Å². The van der Waals surface area contributed by atoms with E-state index in [2.05, 4.69) is 10.6 Å². The minimum Gasteiger partial charge on any atom is -0.381 e. The van der Waals surface area contributed by atoms with Crippen molar-refractivity contribution in [2.75, 3.05) is 25.1 Å². The van der Waals surface area contributed by atoms with Gasteiger partial charge in [-0.1, -0.05) is 18.2 Å². The monoisotopic (exact) mass is 432 g/mol. The summed E-state index contributed by atoms with van der Waals surface area (Å²) in [5.41, 5.74) is 1.29. The molecule has 2 aliphatic rings. The largest absolute Gasteiger partial charge is 0.416 e. The van der Waals surface area contributed by atoms with Gasteiger partial charge in [-0.2, -0.15) is 13.2 Å². The molecule has 0 spiro atoms. The van der Waals surface area contributed by atoms with Crippen molar-refractivity contribution in [3.8, 4) is 0 Å². The third-order valence-electron chi connectivity index (χ3n) is 6.10. The fraction of sp³-hybridized carbons (Fsp3) is 0.391. The number of nitrogens with one attached hydrogen (secondary N) is 2. The summed E-state index contributed by atoms with van der Waals surface area (Å²) in [7, 11) is 0. The van der Waals surface area contributed by atoms with Gasteiger partial charge in [0.05, 0.1) is 5.56 Å². The van der Waals surface area contributed by atoms with E-state index in [1.54, 1.807) is 24.3 Å². The van der Waals surface area contributed by atoms with Crippen LogP contribution in [0.15, 0.2) is 42.5 Å². The number of hydrogen-bond donors (Lipinski definition) is 2. The highest BCUT2D eigenvalue weighted by molar-refractivity contribution is 5.98. The van der Waals surface area contributed by atoms with E-state index < -0.39 is 17.2 Å². The molecular weight excluding hydrogens is 409 g/mol. The standard InChI is InChI=1S/C23H23F3N2O3/c24-23(25,26)18-3-1-2-17(13-18)22(8-10-31-11-9-22)14-27-21(30)16-4-6-19-15(12-16)5-7-20(29)28-19/h1-4,6,12-13H,5,7-11,14H2,(H,27,30)(H,28,29). The molecular formula is C23H23F3N2O3. The Labute approximate surface area is 178 Å². The molecule has 164 valence electrons. The minimum absolute atomic E-state index is 0.0488. The lowest BCUT2D eigenvalue weighted by molar-refractivity contribution is -0.137. The van der Waals surface area contributed by atoms with Crippen LogP contribution in [0.2, 0.25) is 0 Å². The molecule has 2 heterocycles. The highest BCUT2D eigenvalue weighted by Gasteiger charge is 2.37. The first-order chi connectivity index (χ1) is 14.8. The van der Waals surface area contributed by atoms with Crippen molar-refractivity contribution in [1.82, 2.24) is 5.32 Å². The first kappa shape index (κ1) is 21.4. The Morgan fingerprint density at radius 1 is 1.10 bits per heavy atom. The number of amides is 2. The summed E-state index contributed by atoms with van der Waals surface area (Å²) >= 11 is 0. The second-order valence-corrected chi connectivity index (χ2v) is 8.07. The molecule has 0 aliphatic carbocycles. The quantitative estimate of drug-likeness (QED) is 0.766. The average molecular weight is 432 g/mol. The number of rotatable bonds is 4. The Morgan fingerprint density at radius 2 is 1.87 bits per heavy atom. The summed E-state index contributed by atoms with van der Waals surface area (Å²) in [4.78, 5) is 24.3. The molecule has 0 radical (unpaired) electrons. The van der Waals surface area contributed by atoms with Crippen LogP contribution in [0.3, 0.4) is 0 Å². The molecule has 5 nitrogen and oxygen atoms in total. The Bertz CT molecular complexity index is 998. The molecule has 2 amide bonds. The molecule has 2 aromatic rings. The summed E-state index contributed by atoms with van der Waals surface area (Å²) in [6, 6.07) is 10.4. The van der Waals surface area contributed by atoms with Gasteiger partial charge in [0.15, 0.2) is 0 Å². The predicted molar refractivity (Wildman–Crippen MR) is 109 cm³/mol. The fourth-order valence-corrected chi connectivity index (χ4v) is 4.23. The molecule has 2 aromatic carbocycles. The van der Waals surface area contributed by atoms with Crippen molar-refractivity contribution in [2.24, 2.45) is 0 Å². The zero-order chi connectivity index (χ0) is 22.1. The van der Waals surface area contributed by atoms with Gasteiger partial charge in [-0.05, 0) is 54.7 Å². The van der Waals surface area contributed by atoms with Gasteiger partial charge in [0.2, 0.25) is 5.91 Å². The first-order valence-electron chi connectivity index (χ1n) is 10.2. The van der Waals surface area contributed by atoms with Gasteiger partial charge in [-0.3, -0.25) is 9.59 Å². The van der Waals surface area contributed by atoms with E-state index in [0.717, 1.165) is 11.6 Å². The smallest absolute Gasteiger partial charge is 0.381 e. The molecule has 2 N–H and O–H groups in total. The predicted octanol–water partition coefficient (Wildman–Crippen LogP) is 4.07. The lowest BCUT2D eigenvalue weighted by atomic mass is 9.73. The molecule has 0 saturated carbocycles. The number of benzene rings is 2. The summed E-state index contributed by atoms with van der Waals surface area (Å²) in [6.07, 6.45) is -2.45. The lowest BCUT2D eigenvalue weighted by Gasteiger charge is -2.38. The summed E-state index contributed by atoms with van der Waals surface area (Å²) in [6.45, 7) is 1.06. The summed E-state index contributed by atoms with van der Waals surface area (Å²) in [5, 5.41) is 5.70. The molecule has 0 aromatic heterocycles. The SMILES string of the molecule is O=C1CCc2cc(C(=O)NCC3(c4cccc(C(F)(F)F)c4)CCOCC3)ccc2N1. The number of alkyl halides is 3. The van der Waals surface area contributed by atoms with Crippen LogP contribution in [0, 0.1) is 0 Å². The van der Waals surface area contributed by atoms with Gasteiger partial charge in [0.1, 0.15) is 0 Å². The van der Waals surface area contributed by atoms with E-state index in [1.807, 2.05) is 0 Å². The molecule has 31 heavy (non-hydrogen) atoms.